The van der Waals surface area contributed by atoms with Gasteiger partial charge in [0.15, 0.2) is 0 Å². The Morgan fingerprint density at radius 2 is 1.96 bits per heavy atom. The number of hydrogen-bond donors (Lipinski definition) is 1. The summed E-state index contributed by atoms with van der Waals surface area (Å²) in [6.45, 7) is 2.15. The van der Waals surface area contributed by atoms with Crippen LogP contribution in [0.2, 0.25) is 0 Å². The van der Waals surface area contributed by atoms with Crippen molar-refractivity contribution in [2.75, 3.05) is 19.8 Å². The number of rotatable bonds is 5. The predicted octanol–water partition coefficient (Wildman–Crippen LogP) is 2.21. The standard InChI is InChI=1S/C20H24N2O4/c23-19-15(11-14-5-1-2-7-17(14)21-19)12-22(13-16-6-3-9-25-16)20(24)18-8-4-10-26-18/h1-2,5,7,11,16,18H,3-4,6,8-10,12-13H2,(H,21,23). The van der Waals surface area contributed by atoms with Crippen molar-refractivity contribution in [3.63, 3.8) is 0 Å². The molecule has 2 atom stereocenters. The second kappa shape index (κ2) is 7.60. The van der Waals surface area contributed by atoms with Gasteiger partial charge in [0.1, 0.15) is 6.10 Å². The van der Waals surface area contributed by atoms with Crippen LogP contribution in [-0.2, 0) is 20.8 Å². The van der Waals surface area contributed by atoms with E-state index in [1.807, 2.05) is 30.3 Å². The lowest BCUT2D eigenvalue weighted by molar-refractivity contribution is -0.143. The average molecular weight is 356 g/mol. The van der Waals surface area contributed by atoms with Crippen LogP contribution in [0.15, 0.2) is 35.1 Å². The van der Waals surface area contributed by atoms with Crippen LogP contribution in [-0.4, -0.2) is 47.8 Å². The van der Waals surface area contributed by atoms with Crippen LogP contribution in [0.25, 0.3) is 10.9 Å². The minimum atomic E-state index is -0.393. The number of nitrogens with zero attached hydrogens (tertiary/aromatic N) is 1. The second-order valence-corrected chi connectivity index (χ2v) is 7.07. The van der Waals surface area contributed by atoms with E-state index in [-0.39, 0.29) is 24.1 Å². The molecule has 2 fully saturated rings. The highest BCUT2D eigenvalue weighted by Gasteiger charge is 2.31. The van der Waals surface area contributed by atoms with Gasteiger partial charge in [0.25, 0.3) is 11.5 Å². The number of benzene rings is 1. The first kappa shape index (κ1) is 17.2. The summed E-state index contributed by atoms with van der Waals surface area (Å²) in [6, 6.07) is 9.54. The molecule has 1 N–H and O–H groups in total. The number of pyridine rings is 1. The van der Waals surface area contributed by atoms with Crippen LogP contribution in [0, 0.1) is 0 Å². The fourth-order valence-electron chi connectivity index (χ4n) is 3.76. The summed E-state index contributed by atoms with van der Waals surface area (Å²) in [6.07, 6.45) is 3.26. The Kier molecular flexibility index (Phi) is 5.04. The minimum Gasteiger partial charge on any atom is -0.376 e. The van der Waals surface area contributed by atoms with E-state index in [1.165, 1.54) is 0 Å². The smallest absolute Gasteiger partial charge is 0.253 e. The summed E-state index contributed by atoms with van der Waals surface area (Å²) >= 11 is 0. The number of aromatic amines is 1. The van der Waals surface area contributed by atoms with E-state index in [1.54, 1.807) is 4.90 Å². The molecule has 138 valence electrons. The fourth-order valence-corrected chi connectivity index (χ4v) is 3.76. The molecule has 26 heavy (non-hydrogen) atoms. The molecule has 1 aromatic heterocycles. The Morgan fingerprint density at radius 3 is 2.73 bits per heavy atom. The van der Waals surface area contributed by atoms with Crippen molar-refractivity contribution in [1.29, 1.82) is 0 Å². The molecule has 2 unspecified atom stereocenters. The zero-order valence-corrected chi connectivity index (χ0v) is 14.8. The lowest BCUT2D eigenvalue weighted by atomic mass is 10.1. The van der Waals surface area contributed by atoms with Crippen molar-refractivity contribution in [3.8, 4) is 0 Å². The number of amides is 1. The highest BCUT2D eigenvalue weighted by Crippen LogP contribution is 2.20. The van der Waals surface area contributed by atoms with E-state index in [0.29, 0.717) is 18.7 Å². The van der Waals surface area contributed by atoms with Gasteiger partial charge in [-0.25, -0.2) is 0 Å². The number of H-pyrrole nitrogens is 1. The van der Waals surface area contributed by atoms with Crippen molar-refractivity contribution in [3.05, 3.63) is 46.2 Å². The Morgan fingerprint density at radius 1 is 1.15 bits per heavy atom. The average Bonchev–Trinajstić information content (AvgIpc) is 3.35. The van der Waals surface area contributed by atoms with Crippen molar-refractivity contribution < 1.29 is 14.3 Å². The van der Waals surface area contributed by atoms with Gasteiger partial charge in [-0.2, -0.15) is 0 Å². The number of para-hydroxylation sites is 1. The lowest BCUT2D eigenvalue weighted by Gasteiger charge is -2.27. The zero-order chi connectivity index (χ0) is 17.9. The van der Waals surface area contributed by atoms with Gasteiger partial charge in [-0.3, -0.25) is 9.59 Å². The molecule has 4 rings (SSSR count). The van der Waals surface area contributed by atoms with Crippen LogP contribution >= 0.6 is 0 Å². The first-order valence-corrected chi connectivity index (χ1v) is 9.33. The molecule has 0 bridgehead atoms. The molecule has 0 aliphatic carbocycles. The molecule has 2 aromatic rings. The fraction of sp³-hybridized carbons (Fsp3) is 0.500. The molecule has 6 heteroatoms. The van der Waals surface area contributed by atoms with Crippen LogP contribution in [0.4, 0.5) is 0 Å². The number of carbonyl (C=O) groups is 1. The Labute approximate surface area is 152 Å². The first-order valence-electron chi connectivity index (χ1n) is 9.33. The third kappa shape index (κ3) is 3.66. The quantitative estimate of drug-likeness (QED) is 0.892. The second-order valence-electron chi connectivity index (χ2n) is 7.07. The molecule has 2 aliphatic heterocycles. The Bertz CT molecular complexity index is 835. The van der Waals surface area contributed by atoms with Gasteiger partial charge in [0.05, 0.1) is 12.6 Å². The van der Waals surface area contributed by atoms with Gasteiger partial charge in [-0.1, -0.05) is 18.2 Å². The molecule has 2 saturated heterocycles. The van der Waals surface area contributed by atoms with E-state index in [9.17, 15) is 9.59 Å². The number of aromatic nitrogens is 1. The molecule has 1 aromatic carbocycles. The maximum atomic E-state index is 12.9. The van der Waals surface area contributed by atoms with E-state index in [2.05, 4.69) is 4.98 Å². The maximum Gasteiger partial charge on any atom is 0.253 e. The number of nitrogens with one attached hydrogen (secondary N) is 1. The number of carbonyl (C=O) groups excluding carboxylic acids is 1. The zero-order valence-electron chi connectivity index (χ0n) is 14.8. The molecule has 0 radical (unpaired) electrons. The third-order valence-corrected chi connectivity index (χ3v) is 5.16. The number of ether oxygens (including phenoxy) is 2. The van der Waals surface area contributed by atoms with Gasteiger partial charge in [0, 0.05) is 30.8 Å². The van der Waals surface area contributed by atoms with Crippen molar-refractivity contribution in [2.24, 2.45) is 0 Å². The molecule has 1 amide bonds. The number of fused-ring (bicyclic) bond motifs is 1. The number of hydrogen-bond acceptors (Lipinski definition) is 4. The monoisotopic (exact) mass is 356 g/mol. The van der Waals surface area contributed by atoms with Crippen molar-refractivity contribution in [1.82, 2.24) is 9.88 Å². The lowest BCUT2D eigenvalue weighted by Crippen LogP contribution is -2.43. The van der Waals surface area contributed by atoms with E-state index >= 15 is 0 Å². The maximum absolute atomic E-state index is 12.9. The van der Waals surface area contributed by atoms with E-state index in [4.69, 9.17) is 9.47 Å². The Balaban J connectivity index is 1.59. The molecule has 0 spiro atoms. The minimum absolute atomic E-state index is 0.0365. The highest BCUT2D eigenvalue weighted by molar-refractivity contribution is 5.82. The molecule has 6 nitrogen and oxygen atoms in total. The van der Waals surface area contributed by atoms with Crippen molar-refractivity contribution in [2.45, 2.75) is 44.4 Å². The molecule has 0 saturated carbocycles. The largest absolute Gasteiger partial charge is 0.376 e. The summed E-state index contributed by atoms with van der Waals surface area (Å²) < 4.78 is 11.3. The summed E-state index contributed by atoms with van der Waals surface area (Å²) in [7, 11) is 0. The molecule has 3 heterocycles. The van der Waals surface area contributed by atoms with Crippen LogP contribution in [0.3, 0.4) is 0 Å². The first-order chi connectivity index (χ1) is 12.7. The topological polar surface area (TPSA) is 71.6 Å². The predicted molar refractivity (Wildman–Crippen MR) is 97.9 cm³/mol. The van der Waals surface area contributed by atoms with E-state index < -0.39 is 6.10 Å². The summed E-state index contributed by atoms with van der Waals surface area (Å²) in [5, 5.41) is 0.962. The van der Waals surface area contributed by atoms with Gasteiger partial charge in [0.2, 0.25) is 0 Å². The molecular formula is C20H24N2O4. The summed E-state index contributed by atoms with van der Waals surface area (Å²) in [5.41, 5.74) is 1.24. The van der Waals surface area contributed by atoms with Gasteiger partial charge < -0.3 is 19.4 Å². The third-order valence-electron chi connectivity index (χ3n) is 5.16. The van der Waals surface area contributed by atoms with Crippen molar-refractivity contribution >= 4 is 16.8 Å². The van der Waals surface area contributed by atoms with Gasteiger partial charge >= 0.3 is 0 Å². The highest BCUT2D eigenvalue weighted by atomic mass is 16.5. The van der Waals surface area contributed by atoms with Crippen LogP contribution in [0.1, 0.15) is 31.2 Å². The van der Waals surface area contributed by atoms with Gasteiger partial charge in [-0.15, -0.1) is 0 Å². The normalized spacial score (nSPS) is 22.8. The van der Waals surface area contributed by atoms with Crippen LogP contribution in [0.5, 0.6) is 0 Å². The SMILES string of the molecule is O=C(C1CCCO1)N(Cc1cc2ccccc2[nH]c1=O)CC1CCCO1. The summed E-state index contributed by atoms with van der Waals surface area (Å²) in [5.74, 6) is -0.0365. The molecule has 2 aliphatic rings. The molecular weight excluding hydrogens is 332 g/mol. The van der Waals surface area contributed by atoms with E-state index in [0.717, 1.165) is 43.2 Å². The Hall–Kier alpha value is -2.18. The van der Waals surface area contributed by atoms with Gasteiger partial charge in [-0.05, 0) is 43.2 Å². The van der Waals surface area contributed by atoms with Crippen LogP contribution < -0.4 is 5.56 Å². The summed E-state index contributed by atoms with van der Waals surface area (Å²) in [4.78, 5) is 30.1.